The fourth-order valence-corrected chi connectivity index (χ4v) is 0.785. The summed E-state index contributed by atoms with van der Waals surface area (Å²) in [4.78, 5) is 10.9. The van der Waals surface area contributed by atoms with Crippen LogP contribution in [0.5, 0.6) is 0 Å². The number of anilines is 1. The van der Waals surface area contributed by atoms with Crippen molar-refractivity contribution in [1.29, 1.82) is 0 Å². The molecule has 74 valence electrons. The summed E-state index contributed by atoms with van der Waals surface area (Å²) >= 11 is 0. The first-order chi connectivity index (χ1) is 6.15. The van der Waals surface area contributed by atoms with Gasteiger partial charge in [0.1, 0.15) is 11.5 Å². The van der Waals surface area contributed by atoms with Crippen molar-refractivity contribution in [2.75, 3.05) is 12.8 Å². The number of nitrogens with two attached hydrogens (primary N) is 1. The van der Waals surface area contributed by atoms with Crippen molar-refractivity contribution in [1.82, 2.24) is 9.78 Å². The van der Waals surface area contributed by atoms with Crippen molar-refractivity contribution >= 4 is 11.8 Å². The van der Waals surface area contributed by atoms with Gasteiger partial charge in [0.15, 0.2) is 0 Å². The number of nitrogens with zero attached hydrogens (tertiary/aromatic N) is 2. The molecule has 0 aliphatic rings. The molecule has 0 unspecified atom stereocenters. The van der Waals surface area contributed by atoms with Crippen LogP contribution in [0.2, 0.25) is 0 Å². The Labute approximate surface area is 77.5 Å². The van der Waals surface area contributed by atoms with Gasteiger partial charge in [-0.25, -0.2) is 4.79 Å². The molecule has 0 aliphatic heterocycles. The van der Waals surface area contributed by atoms with Gasteiger partial charge in [-0.2, -0.15) is 5.10 Å². The SMILES string of the molecule is CC.COC(=O)c1cc(N)nn1C. The summed E-state index contributed by atoms with van der Waals surface area (Å²) < 4.78 is 5.85. The molecular formula is C8H15N3O2. The van der Waals surface area contributed by atoms with Gasteiger partial charge < -0.3 is 10.5 Å². The highest BCUT2D eigenvalue weighted by molar-refractivity contribution is 5.88. The number of esters is 1. The second kappa shape index (κ2) is 5.18. The molecule has 5 nitrogen and oxygen atoms in total. The van der Waals surface area contributed by atoms with E-state index in [0.717, 1.165) is 0 Å². The first-order valence-corrected chi connectivity index (χ1v) is 4.03. The molecule has 0 fully saturated rings. The molecule has 1 aromatic heterocycles. The van der Waals surface area contributed by atoms with Crippen LogP contribution in [-0.4, -0.2) is 22.9 Å². The molecule has 0 saturated carbocycles. The lowest BCUT2D eigenvalue weighted by Gasteiger charge is -1.96. The monoisotopic (exact) mass is 185 g/mol. The maximum atomic E-state index is 10.9. The summed E-state index contributed by atoms with van der Waals surface area (Å²) in [5.74, 6) is -0.121. The normalized spacial score (nSPS) is 8.62. The molecule has 5 heteroatoms. The van der Waals surface area contributed by atoms with Crippen LogP contribution in [0, 0.1) is 0 Å². The van der Waals surface area contributed by atoms with E-state index in [1.54, 1.807) is 7.05 Å². The van der Waals surface area contributed by atoms with Crippen LogP contribution in [0.4, 0.5) is 5.82 Å². The Morgan fingerprint density at radius 3 is 2.46 bits per heavy atom. The molecule has 13 heavy (non-hydrogen) atoms. The number of carbonyl (C=O) groups is 1. The summed E-state index contributed by atoms with van der Waals surface area (Å²) in [6, 6.07) is 1.46. The number of aromatic nitrogens is 2. The quantitative estimate of drug-likeness (QED) is 0.657. The molecule has 0 spiro atoms. The van der Waals surface area contributed by atoms with Crippen LogP contribution in [0.3, 0.4) is 0 Å². The molecule has 1 aromatic rings. The summed E-state index contributed by atoms with van der Waals surface area (Å²) in [5, 5.41) is 3.77. The fourth-order valence-electron chi connectivity index (χ4n) is 0.785. The van der Waals surface area contributed by atoms with E-state index in [2.05, 4.69) is 9.84 Å². The van der Waals surface area contributed by atoms with E-state index in [1.165, 1.54) is 17.9 Å². The second-order valence-electron chi connectivity index (χ2n) is 2.07. The van der Waals surface area contributed by atoms with Crippen LogP contribution in [0.15, 0.2) is 6.07 Å². The lowest BCUT2D eigenvalue weighted by Crippen LogP contribution is -2.07. The molecule has 0 bridgehead atoms. The number of methoxy groups -OCH3 is 1. The highest BCUT2D eigenvalue weighted by atomic mass is 16.5. The van der Waals surface area contributed by atoms with Crippen molar-refractivity contribution < 1.29 is 9.53 Å². The zero-order chi connectivity index (χ0) is 10.4. The van der Waals surface area contributed by atoms with E-state index in [1.807, 2.05) is 13.8 Å². The third-order valence-corrected chi connectivity index (χ3v) is 1.29. The van der Waals surface area contributed by atoms with E-state index < -0.39 is 5.97 Å². The van der Waals surface area contributed by atoms with Crippen molar-refractivity contribution in [3.05, 3.63) is 11.8 Å². The van der Waals surface area contributed by atoms with E-state index in [-0.39, 0.29) is 0 Å². The minimum atomic E-state index is -0.434. The maximum absolute atomic E-state index is 10.9. The minimum absolute atomic E-state index is 0.313. The predicted octanol–water partition coefficient (Wildman–Crippen LogP) is 0.815. The molecule has 1 rings (SSSR count). The summed E-state index contributed by atoms with van der Waals surface area (Å²) in [7, 11) is 2.94. The van der Waals surface area contributed by atoms with Crippen LogP contribution in [0.25, 0.3) is 0 Å². The Bertz CT molecular complexity index is 281. The third kappa shape index (κ3) is 2.77. The first kappa shape index (κ1) is 11.5. The number of hydrogen-bond acceptors (Lipinski definition) is 4. The lowest BCUT2D eigenvalue weighted by atomic mass is 10.4. The van der Waals surface area contributed by atoms with Gasteiger partial charge in [0.25, 0.3) is 0 Å². The van der Waals surface area contributed by atoms with E-state index in [4.69, 9.17) is 5.73 Å². The van der Waals surface area contributed by atoms with Crippen LogP contribution < -0.4 is 5.73 Å². The van der Waals surface area contributed by atoms with Gasteiger partial charge in [-0.1, -0.05) is 13.8 Å². The van der Waals surface area contributed by atoms with Gasteiger partial charge in [-0.3, -0.25) is 4.68 Å². The van der Waals surface area contributed by atoms with Gasteiger partial charge in [0.05, 0.1) is 7.11 Å². The zero-order valence-corrected chi connectivity index (χ0v) is 8.37. The topological polar surface area (TPSA) is 70.1 Å². The van der Waals surface area contributed by atoms with Gasteiger partial charge in [0.2, 0.25) is 0 Å². The van der Waals surface area contributed by atoms with Crippen LogP contribution in [0.1, 0.15) is 24.3 Å². The lowest BCUT2D eigenvalue weighted by molar-refractivity contribution is 0.0588. The fraction of sp³-hybridized carbons (Fsp3) is 0.500. The zero-order valence-electron chi connectivity index (χ0n) is 8.37. The average Bonchev–Trinajstić information content (AvgIpc) is 2.47. The highest BCUT2D eigenvalue weighted by Crippen LogP contribution is 2.04. The number of ether oxygens (including phenoxy) is 1. The summed E-state index contributed by atoms with van der Waals surface area (Å²) in [5.41, 5.74) is 5.68. The first-order valence-electron chi connectivity index (χ1n) is 4.03. The van der Waals surface area contributed by atoms with E-state index in [9.17, 15) is 4.79 Å². The van der Waals surface area contributed by atoms with Crippen LogP contribution in [-0.2, 0) is 11.8 Å². The molecule has 0 aliphatic carbocycles. The number of carbonyl (C=O) groups excluding carboxylic acids is 1. The minimum Gasteiger partial charge on any atom is -0.464 e. The number of hydrogen-bond donors (Lipinski definition) is 1. The Morgan fingerprint density at radius 2 is 2.15 bits per heavy atom. The van der Waals surface area contributed by atoms with E-state index >= 15 is 0 Å². The number of aryl methyl sites for hydroxylation is 1. The number of rotatable bonds is 1. The molecule has 0 amide bonds. The second-order valence-corrected chi connectivity index (χ2v) is 2.07. The van der Waals surface area contributed by atoms with E-state index in [0.29, 0.717) is 11.5 Å². The number of nitrogen functional groups attached to an aromatic ring is 1. The standard InChI is InChI=1S/C6H9N3O2.C2H6/c1-9-4(6(10)11-2)3-5(7)8-9;1-2/h3H,1-2H3,(H2,7,8);1-2H3. The predicted molar refractivity (Wildman–Crippen MR) is 50.3 cm³/mol. The smallest absolute Gasteiger partial charge is 0.356 e. The summed E-state index contributed by atoms with van der Waals surface area (Å²) in [6.07, 6.45) is 0. The maximum Gasteiger partial charge on any atom is 0.356 e. The van der Waals surface area contributed by atoms with Crippen LogP contribution >= 0.6 is 0 Å². The molecule has 0 radical (unpaired) electrons. The average molecular weight is 185 g/mol. The Kier molecular flexibility index (Phi) is 4.58. The molecule has 0 aromatic carbocycles. The Hall–Kier alpha value is -1.52. The Balaban J connectivity index is 0.000000671. The van der Waals surface area contributed by atoms with Crippen molar-refractivity contribution in [2.45, 2.75) is 13.8 Å². The molecular weight excluding hydrogens is 170 g/mol. The summed E-state index contributed by atoms with van der Waals surface area (Å²) in [6.45, 7) is 4.00. The molecule has 2 N–H and O–H groups in total. The molecule has 0 saturated heterocycles. The Morgan fingerprint density at radius 1 is 1.62 bits per heavy atom. The van der Waals surface area contributed by atoms with Gasteiger partial charge in [0, 0.05) is 13.1 Å². The van der Waals surface area contributed by atoms with Gasteiger partial charge in [-0.15, -0.1) is 0 Å². The van der Waals surface area contributed by atoms with Crippen molar-refractivity contribution in [3.8, 4) is 0 Å². The van der Waals surface area contributed by atoms with Gasteiger partial charge in [-0.05, 0) is 0 Å². The molecule has 1 heterocycles. The largest absolute Gasteiger partial charge is 0.464 e. The molecule has 0 atom stereocenters. The highest BCUT2D eigenvalue weighted by Gasteiger charge is 2.10. The van der Waals surface area contributed by atoms with Crippen molar-refractivity contribution in [3.63, 3.8) is 0 Å². The van der Waals surface area contributed by atoms with Gasteiger partial charge >= 0.3 is 5.97 Å². The third-order valence-electron chi connectivity index (χ3n) is 1.29. The van der Waals surface area contributed by atoms with Crippen molar-refractivity contribution in [2.24, 2.45) is 7.05 Å².